The van der Waals surface area contributed by atoms with Crippen molar-refractivity contribution in [2.75, 3.05) is 0 Å². The number of hydrogen-bond donors (Lipinski definition) is 0. The second-order valence-electron chi connectivity index (χ2n) is 3.64. The van der Waals surface area contributed by atoms with Crippen LogP contribution in [0.1, 0.15) is 11.3 Å². The molecule has 0 aliphatic carbocycles. The predicted molar refractivity (Wildman–Crippen MR) is 79.5 cm³/mol. The van der Waals surface area contributed by atoms with E-state index in [9.17, 15) is 0 Å². The standard InChI is InChI=1S/C7H8ClP.C6H6ClN/c1-5-2-3-7(9)6(8)4-5;1-5-2-3-6(7)4-8-5/h2-4H,9H2,1H3;2-4H,1H3. The third-order valence-electron chi connectivity index (χ3n) is 2.03. The maximum atomic E-state index is 5.79. The lowest BCUT2D eigenvalue weighted by molar-refractivity contribution is 1.20. The van der Waals surface area contributed by atoms with E-state index in [0.29, 0.717) is 5.02 Å². The summed E-state index contributed by atoms with van der Waals surface area (Å²) >= 11 is 11.3. The summed E-state index contributed by atoms with van der Waals surface area (Å²) in [6.45, 7) is 3.95. The Hall–Kier alpha value is -0.620. The van der Waals surface area contributed by atoms with Crippen molar-refractivity contribution < 1.29 is 0 Å². The van der Waals surface area contributed by atoms with Crippen LogP contribution in [0.15, 0.2) is 36.5 Å². The van der Waals surface area contributed by atoms with Gasteiger partial charge in [-0.3, -0.25) is 4.98 Å². The Labute approximate surface area is 114 Å². The fourth-order valence-corrected chi connectivity index (χ4v) is 1.61. The van der Waals surface area contributed by atoms with Gasteiger partial charge in [-0.05, 0) is 42.9 Å². The topological polar surface area (TPSA) is 12.9 Å². The maximum absolute atomic E-state index is 5.79. The molecular formula is C13H14Cl2NP. The molecule has 90 valence electrons. The molecule has 0 N–H and O–H groups in total. The number of aryl methyl sites for hydroxylation is 2. The van der Waals surface area contributed by atoms with Crippen LogP contribution in [0.3, 0.4) is 0 Å². The molecule has 0 fully saturated rings. The number of halogens is 2. The van der Waals surface area contributed by atoms with Crippen LogP contribution in [0.2, 0.25) is 10.0 Å². The fraction of sp³-hybridized carbons (Fsp3) is 0.154. The van der Waals surface area contributed by atoms with Gasteiger partial charge in [0, 0.05) is 16.9 Å². The highest BCUT2D eigenvalue weighted by Crippen LogP contribution is 2.09. The number of pyridine rings is 1. The molecule has 2 rings (SSSR count). The van der Waals surface area contributed by atoms with E-state index in [1.807, 2.05) is 44.2 Å². The van der Waals surface area contributed by atoms with E-state index in [1.54, 1.807) is 6.20 Å². The van der Waals surface area contributed by atoms with Crippen LogP contribution in [-0.4, -0.2) is 4.98 Å². The summed E-state index contributed by atoms with van der Waals surface area (Å²) in [5.74, 6) is 0. The first kappa shape index (κ1) is 14.4. The van der Waals surface area contributed by atoms with Gasteiger partial charge in [-0.2, -0.15) is 0 Å². The van der Waals surface area contributed by atoms with Crippen LogP contribution in [0.25, 0.3) is 0 Å². The smallest absolute Gasteiger partial charge is 0.0589 e. The fourth-order valence-electron chi connectivity index (χ4n) is 1.08. The molecule has 0 spiro atoms. The first-order valence-electron chi connectivity index (χ1n) is 5.09. The van der Waals surface area contributed by atoms with Crippen LogP contribution >= 0.6 is 32.4 Å². The zero-order chi connectivity index (χ0) is 12.8. The van der Waals surface area contributed by atoms with E-state index >= 15 is 0 Å². The van der Waals surface area contributed by atoms with Crippen molar-refractivity contribution in [2.24, 2.45) is 0 Å². The first-order valence-corrected chi connectivity index (χ1v) is 6.42. The average molecular weight is 286 g/mol. The second-order valence-corrected chi connectivity index (χ2v) is 5.11. The van der Waals surface area contributed by atoms with Crippen molar-refractivity contribution >= 4 is 37.7 Å². The van der Waals surface area contributed by atoms with Crippen LogP contribution < -0.4 is 5.30 Å². The molecule has 1 aromatic heterocycles. The van der Waals surface area contributed by atoms with E-state index in [2.05, 4.69) is 14.2 Å². The molecule has 0 aliphatic heterocycles. The molecule has 0 radical (unpaired) electrons. The van der Waals surface area contributed by atoms with E-state index in [-0.39, 0.29) is 0 Å². The third kappa shape index (κ3) is 5.50. The van der Waals surface area contributed by atoms with Gasteiger partial charge in [0.05, 0.1) is 5.02 Å². The molecule has 1 heterocycles. The highest BCUT2D eigenvalue weighted by atomic mass is 35.5. The van der Waals surface area contributed by atoms with Crippen molar-refractivity contribution in [2.45, 2.75) is 13.8 Å². The Bertz CT molecular complexity index is 462. The van der Waals surface area contributed by atoms with E-state index in [1.165, 1.54) is 5.56 Å². The molecule has 1 unspecified atom stereocenters. The molecular weight excluding hydrogens is 272 g/mol. The van der Waals surface area contributed by atoms with Gasteiger partial charge in [-0.1, -0.05) is 35.3 Å². The number of nitrogens with zero attached hydrogens (tertiary/aromatic N) is 1. The maximum Gasteiger partial charge on any atom is 0.0589 e. The largest absolute Gasteiger partial charge is 0.260 e. The average Bonchev–Trinajstić information content (AvgIpc) is 2.29. The summed E-state index contributed by atoms with van der Waals surface area (Å²) in [5, 5.41) is 2.57. The Morgan fingerprint density at radius 3 is 2.18 bits per heavy atom. The normalized spacial score (nSPS) is 9.47. The van der Waals surface area contributed by atoms with Gasteiger partial charge < -0.3 is 0 Å². The van der Waals surface area contributed by atoms with E-state index in [0.717, 1.165) is 16.0 Å². The molecule has 0 bridgehead atoms. The Morgan fingerprint density at radius 1 is 1.06 bits per heavy atom. The van der Waals surface area contributed by atoms with Gasteiger partial charge in [0.2, 0.25) is 0 Å². The molecule has 0 saturated heterocycles. The third-order valence-corrected chi connectivity index (χ3v) is 3.27. The van der Waals surface area contributed by atoms with Crippen LogP contribution in [0, 0.1) is 13.8 Å². The minimum absolute atomic E-state index is 0.690. The molecule has 2 aromatic rings. The van der Waals surface area contributed by atoms with Gasteiger partial charge >= 0.3 is 0 Å². The minimum Gasteiger partial charge on any atom is -0.260 e. The lowest BCUT2D eigenvalue weighted by Gasteiger charge is -1.96. The molecule has 0 amide bonds. The highest BCUT2D eigenvalue weighted by molar-refractivity contribution is 7.28. The number of aromatic nitrogens is 1. The van der Waals surface area contributed by atoms with Gasteiger partial charge in [0.25, 0.3) is 0 Å². The molecule has 17 heavy (non-hydrogen) atoms. The molecule has 1 atom stereocenters. The summed E-state index contributed by atoms with van der Waals surface area (Å²) in [4.78, 5) is 3.95. The summed E-state index contributed by atoms with van der Waals surface area (Å²) in [7, 11) is 2.58. The Kier molecular flexibility index (Phi) is 5.91. The molecule has 1 aromatic carbocycles. The Balaban J connectivity index is 0.000000171. The Morgan fingerprint density at radius 2 is 1.76 bits per heavy atom. The van der Waals surface area contributed by atoms with E-state index < -0.39 is 0 Å². The van der Waals surface area contributed by atoms with Gasteiger partial charge in [-0.25, -0.2) is 0 Å². The summed E-state index contributed by atoms with van der Waals surface area (Å²) < 4.78 is 0. The van der Waals surface area contributed by atoms with Crippen LogP contribution in [0.4, 0.5) is 0 Å². The van der Waals surface area contributed by atoms with Crippen molar-refractivity contribution in [3.8, 4) is 0 Å². The van der Waals surface area contributed by atoms with Crippen molar-refractivity contribution in [3.05, 3.63) is 57.8 Å². The van der Waals surface area contributed by atoms with Crippen molar-refractivity contribution in [1.82, 2.24) is 4.98 Å². The zero-order valence-electron chi connectivity index (χ0n) is 9.74. The zero-order valence-corrected chi connectivity index (χ0v) is 12.4. The number of rotatable bonds is 0. The highest BCUT2D eigenvalue weighted by Gasteiger charge is 1.91. The number of benzene rings is 1. The summed E-state index contributed by atoms with van der Waals surface area (Å²) in [6, 6.07) is 9.67. The quantitative estimate of drug-likeness (QED) is 0.662. The SMILES string of the molecule is Cc1ccc(Cl)cn1.Cc1ccc(P)c(Cl)c1. The van der Waals surface area contributed by atoms with E-state index in [4.69, 9.17) is 23.2 Å². The van der Waals surface area contributed by atoms with Gasteiger partial charge in [-0.15, -0.1) is 9.24 Å². The number of hydrogen-bond acceptors (Lipinski definition) is 1. The summed E-state index contributed by atoms with van der Waals surface area (Å²) in [5.41, 5.74) is 2.20. The van der Waals surface area contributed by atoms with Crippen LogP contribution in [0.5, 0.6) is 0 Å². The monoisotopic (exact) mass is 285 g/mol. The second kappa shape index (κ2) is 6.96. The lowest BCUT2D eigenvalue weighted by Crippen LogP contribution is -1.90. The molecule has 0 aliphatic rings. The van der Waals surface area contributed by atoms with Gasteiger partial charge in [0.1, 0.15) is 0 Å². The molecule has 0 saturated carbocycles. The van der Waals surface area contributed by atoms with Crippen molar-refractivity contribution in [1.29, 1.82) is 0 Å². The van der Waals surface area contributed by atoms with Crippen LogP contribution in [-0.2, 0) is 0 Å². The predicted octanol–water partition coefficient (Wildman–Crippen LogP) is 4.19. The lowest BCUT2D eigenvalue weighted by atomic mass is 10.2. The minimum atomic E-state index is 0.690. The van der Waals surface area contributed by atoms with Gasteiger partial charge in [0.15, 0.2) is 0 Å². The molecule has 4 heteroatoms. The summed E-state index contributed by atoms with van der Waals surface area (Å²) in [6.07, 6.45) is 1.64. The molecule has 1 nitrogen and oxygen atoms in total. The van der Waals surface area contributed by atoms with Crippen molar-refractivity contribution in [3.63, 3.8) is 0 Å². The first-order chi connectivity index (χ1) is 7.99.